The third-order valence-corrected chi connectivity index (χ3v) is 2.48. The Bertz CT molecular complexity index is 356. The summed E-state index contributed by atoms with van der Waals surface area (Å²) in [6.07, 6.45) is 0. The third kappa shape index (κ3) is 4.07. The average Bonchev–Trinajstić information content (AvgIpc) is 2.27. The van der Waals surface area contributed by atoms with Gasteiger partial charge in [-0.3, -0.25) is 0 Å². The molecule has 0 radical (unpaired) electrons. The molecule has 1 aromatic heterocycles. The van der Waals surface area contributed by atoms with Crippen molar-refractivity contribution in [3.63, 3.8) is 0 Å². The molecule has 1 atom stereocenters. The summed E-state index contributed by atoms with van der Waals surface area (Å²) in [7, 11) is 3.48. The molecule has 0 bridgehead atoms. The summed E-state index contributed by atoms with van der Waals surface area (Å²) in [6, 6.07) is 2.01. The fourth-order valence-corrected chi connectivity index (χ4v) is 1.44. The molecule has 4 N–H and O–H groups in total. The normalized spacial score (nSPS) is 12.5. The van der Waals surface area contributed by atoms with Gasteiger partial charge in [-0.05, 0) is 5.92 Å². The van der Waals surface area contributed by atoms with Gasteiger partial charge >= 0.3 is 0 Å². The Balaban J connectivity index is 2.81. The smallest absolute Gasteiger partial charge is 0.223 e. The van der Waals surface area contributed by atoms with Gasteiger partial charge in [-0.2, -0.15) is 9.97 Å². The summed E-state index contributed by atoms with van der Waals surface area (Å²) in [5.74, 6) is 2.08. The second-order valence-electron chi connectivity index (χ2n) is 4.20. The van der Waals surface area contributed by atoms with Crippen molar-refractivity contribution in [2.75, 3.05) is 37.1 Å². The van der Waals surface area contributed by atoms with Crippen LogP contribution in [0.4, 0.5) is 17.6 Å². The highest BCUT2D eigenvalue weighted by atomic mass is 16.5. The quantitative estimate of drug-likeness (QED) is 0.691. The average molecular weight is 239 g/mol. The monoisotopic (exact) mass is 239 g/mol. The fraction of sp³-hybridized carbons (Fsp3) is 0.636. The van der Waals surface area contributed by atoms with E-state index in [1.54, 1.807) is 14.2 Å². The van der Waals surface area contributed by atoms with Gasteiger partial charge in [0.2, 0.25) is 5.95 Å². The molecule has 6 heteroatoms. The van der Waals surface area contributed by atoms with Gasteiger partial charge in [-0.15, -0.1) is 0 Å². The highest BCUT2D eigenvalue weighted by molar-refractivity contribution is 5.51. The lowest BCUT2D eigenvalue weighted by atomic mass is 10.1. The first-order valence-electron chi connectivity index (χ1n) is 5.64. The number of hydrogen-bond acceptors (Lipinski definition) is 6. The van der Waals surface area contributed by atoms with Gasteiger partial charge in [-0.1, -0.05) is 13.8 Å². The van der Waals surface area contributed by atoms with E-state index in [0.717, 1.165) is 0 Å². The first kappa shape index (κ1) is 13.5. The van der Waals surface area contributed by atoms with E-state index in [9.17, 15) is 0 Å². The zero-order chi connectivity index (χ0) is 12.8. The largest absolute Gasteiger partial charge is 0.383 e. The van der Waals surface area contributed by atoms with Crippen molar-refractivity contribution < 1.29 is 4.74 Å². The Morgan fingerprint density at radius 3 is 2.53 bits per heavy atom. The maximum absolute atomic E-state index is 5.63. The van der Waals surface area contributed by atoms with Crippen molar-refractivity contribution in [2.45, 2.75) is 19.9 Å². The van der Waals surface area contributed by atoms with Gasteiger partial charge in [0.25, 0.3) is 0 Å². The van der Waals surface area contributed by atoms with Gasteiger partial charge in [0.15, 0.2) is 0 Å². The van der Waals surface area contributed by atoms with E-state index in [0.29, 0.717) is 24.2 Å². The Morgan fingerprint density at radius 1 is 1.35 bits per heavy atom. The van der Waals surface area contributed by atoms with E-state index >= 15 is 0 Å². The number of nitrogens with two attached hydrogens (primary N) is 1. The van der Waals surface area contributed by atoms with E-state index in [-0.39, 0.29) is 12.0 Å². The van der Waals surface area contributed by atoms with E-state index < -0.39 is 0 Å². The summed E-state index contributed by atoms with van der Waals surface area (Å²) < 4.78 is 5.17. The number of rotatable bonds is 6. The van der Waals surface area contributed by atoms with Crippen LogP contribution in [-0.2, 0) is 4.74 Å². The standard InChI is InChI=1S/C11H21N5O/c1-7(2)8(6-17-4)14-10-5-9(13-3)15-11(12)16-10/h5,7-8H,6H2,1-4H3,(H4,12,13,14,15,16). The highest BCUT2D eigenvalue weighted by Crippen LogP contribution is 2.15. The molecule has 0 aliphatic rings. The van der Waals surface area contributed by atoms with E-state index in [1.165, 1.54) is 0 Å². The molecule has 0 aromatic carbocycles. The number of ether oxygens (including phenoxy) is 1. The number of aromatic nitrogens is 2. The molecule has 0 saturated heterocycles. The molecule has 96 valence electrons. The van der Waals surface area contributed by atoms with E-state index in [4.69, 9.17) is 10.5 Å². The first-order valence-corrected chi connectivity index (χ1v) is 5.64. The van der Waals surface area contributed by atoms with Crippen LogP contribution in [0.15, 0.2) is 6.07 Å². The molecule has 0 aliphatic carbocycles. The van der Waals surface area contributed by atoms with E-state index in [1.807, 2.05) is 6.07 Å². The van der Waals surface area contributed by atoms with E-state index in [2.05, 4.69) is 34.4 Å². The van der Waals surface area contributed by atoms with Crippen LogP contribution in [0.2, 0.25) is 0 Å². The second kappa shape index (κ2) is 6.24. The first-order chi connectivity index (χ1) is 8.06. The predicted molar refractivity (Wildman–Crippen MR) is 70.1 cm³/mol. The van der Waals surface area contributed by atoms with Gasteiger partial charge in [0, 0.05) is 20.2 Å². The maximum atomic E-state index is 5.63. The molecular weight excluding hydrogens is 218 g/mol. The minimum Gasteiger partial charge on any atom is -0.383 e. The lowest BCUT2D eigenvalue weighted by molar-refractivity contribution is 0.171. The van der Waals surface area contributed by atoms with Crippen molar-refractivity contribution in [3.05, 3.63) is 6.07 Å². The van der Waals surface area contributed by atoms with Crippen LogP contribution in [0, 0.1) is 5.92 Å². The van der Waals surface area contributed by atoms with Crippen molar-refractivity contribution in [1.29, 1.82) is 0 Å². The van der Waals surface area contributed by atoms with Crippen molar-refractivity contribution in [3.8, 4) is 0 Å². The summed E-state index contributed by atoms with van der Waals surface area (Å²) in [4.78, 5) is 8.18. The van der Waals surface area contributed by atoms with Crippen LogP contribution < -0.4 is 16.4 Å². The number of methoxy groups -OCH3 is 1. The molecule has 1 unspecified atom stereocenters. The van der Waals surface area contributed by atoms with Gasteiger partial charge < -0.3 is 21.1 Å². The summed E-state index contributed by atoms with van der Waals surface area (Å²) in [5, 5.41) is 6.24. The molecule has 0 spiro atoms. The van der Waals surface area contributed by atoms with Gasteiger partial charge in [0.1, 0.15) is 11.6 Å². The number of nitrogens with one attached hydrogen (secondary N) is 2. The lowest BCUT2D eigenvalue weighted by Gasteiger charge is -2.22. The number of nitrogens with zero attached hydrogens (tertiary/aromatic N) is 2. The summed E-state index contributed by atoms with van der Waals surface area (Å²) in [5.41, 5.74) is 5.63. The highest BCUT2D eigenvalue weighted by Gasteiger charge is 2.14. The molecule has 17 heavy (non-hydrogen) atoms. The zero-order valence-corrected chi connectivity index (χ0v) is 10.8. The van der Waals surface area contributed by atoms with Crippen molar-refractivity contribution >= 4 is 17.6 Å². The lowest BCUT2D eigenvalue weighted by Crippen LogP contribution is -2.31. The minimum absolute atomic E-state index is 0.194. The molecule has 0 saturated carbocycles. The van der Waals surface area contributed by atoms with Crippen LogP contribution in [0.5, 0.6) is 0 Å². The van der Waals surface area contributed by atoms with Crippen molar-refractivity contribution in [2.24, 2.45) is 5.92 Å². The topological polar surface area (TPSA) is 85.1 Å². The SMILES string of the molecule is CNc1cc(NC(COC)C(C)C)nc(N)n1. The Hall–Kier alpha value is -1.56. The van der Waals surface area contributed by atoms with Crippen molar-refractivity contribution in [1.82, 2.24) is 9.97 Å². The fourth-order valence-electron chi connectivity index (χ4n) is 1.44. The molecule has 0 amide bonds. The Kier molecular flexibility index (Phi) is 4.96. The molecule has 1 heterocycles. The zero-order valence-electron chi connectivity index (χ0n) is 10.8. The third-order valence-electron chi connectivity index (χ3n) is 2.48. The number of anilines is 3. The molecule has 1 aromatic rings. The van der Waals surface area contributed by atoms with Crippen LogP contribution in [-0.4, -0.2) is 36.8 Å². The molecule has 0 aliphatic heterocycles. The molecule has 6 nitrogen and oxygen atoms in total. The Labute approximate surface area is 102 Å². The maximum Gasteiger partial charge on any atom is 0.223 e. The Morgan fingerprint density at radius 2 is 2.00 bits per heavy atom. The molecular formula is C11H21N5O. The summed E-state index contributed by atoms with van der Waals surface area (Å²) >= 11 is 0. The number of hydrogen-bond donors (Lipinski definition) is 3. The molecule has 1 rings (SSSR count). The van der Waals surface area contributed by atoms with Crippen LogP contribution in [0.25, 0.3) is 0 Å². The predicted octanol–water partition coefficient (Wildman–Crippen LogP) is 1.18. The van der Waals surface area contributed by atoms with Crippen LogP contribution in [0.1, 0.15) is 13.8 Å². The molecule has 0 fully saturated rings. The van der Waals surface area contributed by atoms with Crippen LogP contribution in [0.3, 0.4) is 0 Å². The summed E-state index contributed by atoms with van der Waals surface area (Å²) in [6.45, 7) is 4.87. The minimum atomic E-state index is 0.194. The number of nitrogen functional groups attached to an aromatic ring is 1. The van der Waals surface area contributed by atoms with Gasteiger partial charge in [0.05, 0.1) is 12.6 Å². The van der Waals surface area contributed by atoms with Gasteiger partial charge in [-0.25, -0.2) is 0 Å². The second-order valence-corrected chi connectivity index (χ2v) is 4.20. The van der Waals surface area contributed by atoms with Crippen LogP contribution >= 0.6 is 0 Å².